The summed E-state index contributed by atoms with van der Waals surface area (Å²) in [7, 11) is 0. The summed E-state index contributed by atoms with van der Waals surface area (Å²) in [6.07, 6.45) is 2.09. The molecule has 0 saturated carbocycles. The fourth-order valence-electron chi connectivity index (χ4n) is 2.41. The summed E-state index contributed by atoms with van der Waals surface area (Å²) in [6.45, 7) is 5.53. The Morgan fingerprint density at radius 3 is 2.68 bits per heavy atom. The summed E-state index contributed by atoms with van der Waals surface area (Å²) in [6, 6.07) is 12.4. The summed E-state index contributed by atoms with van der Waals surface area (Å²) >= 11 is 0. The average molecular weight is 250 g/mol. The van der Waals surface area contributed by atoms with Crippen LogP contribution in [0.4, 0.5) is 0 Å². The van der Waals surface area contributed by atoms with Crippen molar-refractivity contribution >= 4 is 28.4 Å². The van der Waals surface area contributed by atoms with Gasteiger partial charge in [0.2, 0.25) is 0 Å². The molecule has 0 atom stereocenters. The summed E-state index contributed by atoms with van der Waals surface area (Å²) in [5.74, 6) is -0.343. The molecule has 0 unspecified atom stereocenters. The van der Waals surface area contributed by atoms with E-state index in [9.17, 15) is 4.79 Å². The van der Waals surface area contributed by atoms with E-state index in [0.29, 0.717) is 12.2 Å². The molecule has 19 heavy (non-hydrogen) atoms. The van der Waals surface area contributed by atoms with Crippen molar-refractivity contribution in [3.8, 4) is 0 Å². The highest BCUT2D eigenvalue weighted by atomic mass is 16.5. The Hall–Kier alpha value is -2.35. The molecular formula is C17H14O2. The standard InChI is InChI=1S/C17H14O2/c1-11(2)17(18)19-10-14-9-13-7-3-5-12-6-4-8-15(14)16(12)13/h3-9H,1,10H2,2H3. The molecule has 2 aromatic carbocycles. The van der Waals surface area contributed by atoms with E-state index in [4.69, 9.17) is 4.74 Å². The van der Waals surface area contributed by atoms with Gasteiger partial charge in [-0.3, -0.25) is 0 Å². The van der Waals surface area contributed by atoms with Crippen molar-refractivity contribution in [1.29, 1.82) is 0 Å². The van der Waals surface area contributed by atoms with E-state index in [2.05, 4.69) is 36.9 Å². The fraction of sp³-hybridized carbons (Fsp3) is 0.118. The molecule has 0 radical (unpaired) electrons. The molecular weight excluding hydrogens is 236 g/mol. The van der Waals surface area contributed by atoms with Crippen molar-refractivity contribution < 1.29 is 9.53 Å². The third-order valence-electron chi connectivity index (χ3n) is 3.32. The highest BCUT2D eigenvalue weighted by molar-refractivity contribution is 6.09. The lowest BCUT2D eigenvalue weighted by Crippen LogP contribution is -2.06. The van der Waals surface area contributed by atoms with E-state index in [1.54, 1.807) is 6.92 Å². The zero-order valence-corrected chi connectivity index (χ0v) is 10.8. The molecule has 2 heteroatoms. The zero-order valence-electron chi connectivity index (χ0n) is 10.8. The summed E-state index contributed by atoms with van der Waals surface area (Å²) in [5, 5.41) is 2.46. The van der Waals surface area contributed by atoms with Gasteiger partial charge in [0.05, 0.1) is 0 Å². The van der Waals surface area contributed by atoms with Crippen molar-refractivity contribution in [3.05, 3.63) is 59.7 Å². The third kappa shape index (κ3) is 1.95. The van der Waals surface area contributed by atoms with Crippen molar-refractivity contribution in [1.82, 2.24) is 0 Å². The lowest BCUT2D eigenvalue weighted by Gasteiger charge is -2.07. The molecule has 0 N–H and O–H groups in total. The predicted molar refractivity (Wildman–Crippen MR) is 77.6 cm³/mol. The van der Waals surface area contributed by atoms with Gasteiger partial charge < -0.3 is 4.74 Å². The van der Waals surface area contributed by atoms with Crippen LogP contribution in [0.3, 0.4) is 0 Å². The number of hydrogen-bond acceptors (Lipinski definition) is 2. The van der Waals surface area contributed by atoms with Gasteiger partial charge in [-0.2, -0.15) is 0 Å². The number of hydrogen-bond donors (Lipinski definition) is 0. The quantitative estimate of drug-likeness (QED) is 0.611. The Morgan fingerprint density at radius 1 is 1.21 bits per heavy atom. The Morgan fingerprint density at radius 2 is 1.95 bits per heavy atom. The second kappa shape index (κ2) is 4.39. The van der Waals surface area contributed by atoms with Crippen LogP contribution in [0.5, 0.6) is 0 Å². The topological polar surface area (TPSA) is 26.3 Å². The lowest BCUT2D eigenvalue weighted by atomic mass is 10.0. The van der Waals surface area contributed by atoms with E-state index in [1.807, 2.05) is 12.1 Å². The smallest absolute Gasteiger partial charge is 0.333 e. The van der Waals surface area contributed by atoms with Crippen molar-refractivity contribution in [2.45, 2.75) is 6.92 Å². The molecule has 0 aliphatic heterocycles. The molecule has 0 fully saturated rings. The SMILES string of the molecule is C=C(C)C(=O)OCC1=Cc2cccc3cccc1c23. The van der Waals surface area contributed by atoms with Crippen LogP contribution in [-0.4, -0.2) is 12.6 Å². The predicted octanol–water partition coefficient (Wildman–Crippen LogP) is 3.81. The van der Waals surface area contributed by atoms with Crippen LogP contribution in [0.15, 0.2) is 48.6 Å². The monoisotopic (exact) mass is 250 g/mol. The largest absolute Gasteiger partial charge is 0.457 e. The highest BCUT2D eigenvalue weighted by Gasteiger charge is 2.17. The average Bonchev–Trinajstić information content (AvgIpc) is 2.77. The first-order chi connectivity index (χ1) is 9.16. The first kappa shape index (κ1) is 11.7. The van der Waals surface area contributed by atoms with Crippen LogP contribution in [0.2, 0.25) is 0 Å². The Labute approximate surface area is 112 Å². The van der Waals surface area contributed by atoms with Crippen molar-refractivity contribution in [3.63, 3.8) is 0 Å². The van der Waals surface area contributed by atoms with Crippen LogP contribution in [0, 0.1) is 0 Å². The Bertz CT molecular complexity index is 718. The molecule has 1 aliphatic carbocycles. The third-order valence-corrected chi connectivity index (χ3v) is 3.32. The van der Waals surface area contributed by atoms with E-state index in [0.717, 1.165) is 11.1 Å². The van der Waals surface area contributed by atoms with E-state index >= 15 is 0 Å². The van der Waals surface area contributed by atoms with Crippen molar-refractivity contribution in [2.24, 2.45) is 0 Å². The molecule has 0 amide bonds. The second-order valence-corrected chi connectivity index (χ2v) is 4.78. The zero-order chi connectivity index (χ0) is 13.4. The Kier molecular flexibility index (Phi) is 2.71. The van der Waals surface area contributed by atoms with Gasteiger partial charge in [0.25, 0.3) is 0 Å². The van der Waals surface area contributed by atoms with Gasteiger partial charge in [-0.25, -0.2) is 4.79 Å². The van der Waals surface area contributed by atoms with Crippen molar-refractivity contribution in [2.75, 3.05) is 6.61 Å². The molecule has 0 bridgehead atoms. The number of benzene rings is 2. The first-order valence-electron chi connectivity index (χ1n) is 6.22. The van der Waals surface area contributed by atoms with Gasteiger partial charge in [-0.1, -0.05) is 43.0 Å². The normalized spacial score (nSPS) is 12.4. The summed E-state index contributed by atoms with van der Waals surface area (Å²) < 4.78 is 5.24. The Balaban J connectivity index is 1.93. The second-order valence-electron chi connectivity index (χ2n) is 4.78. The molecule has 0 aromatic heterocycles. The maximum absolute atomic E-state index is 11.5. The van der Waals surface area contributed by atoms with Gasteiger partial charge in [-0.15, -0.1) is 0 Å². The number of ether oxygens (including phenoxy) is 1. The van der Waals surface area contributed by atoms with E-state index in [-0.39, 0.29) is 5.97 Å². The first-order valence-corrected chi connectivity index (χ1v) is 6.22. The molecule has 1 aliphatic rings. The van der Waals surface area contributed by atoms with Crippen LogP contribution in [0.1, 0.15) is 18.1 Å². The number of rotatable bonds is 3. The molecule has 0 heterocycles. The van der Waals surface area contributed by atoms with Gasteiger partial charge in [0, 0.05) is 5.57 Å². The van der Waals surface area contributed by atoms with Crippen LogP contribution >= 0.6 is 0 Å². The van der Waals surface area contributed by atoms with E-state index < -0.39 is 0 Å². The van der Waals surface area contributed by atoms with E-state index in [1.165, 1.54) is 16.3 Å². The number of carbonyl (C=O) groups excluding carboxylic acids is 1. The van der Waals surface area contributed by atoms with Gasteiger partial charge >= 0.3 is 5.97 Å². The summed E-state index contributed by atoms with van der Waals surface area (Å²) in [4.78, 5) is 11.5. The molecule has 0 spiro atoms. The number of carbonyl (C=O) groups is 1. The van der Waals surface area contributed by atoms with Crippen LogP contribution in [-0.2, 0) is 9.53 Å². The molecule has 2 aromatic rings. The fourth-order valence-corrected chi connectivity index (χ4v) is 2.41. The lowest BCUT2D eigenvalue weighted by molar-refractivity contribution is -0.137. The molecule has 2 nitrogen and oxygen atoms in total. The minimum Gasteiger partial charge on any atom is -0.457 e. The maximum atomic E-state index is 11.5. The van der Waals surface area contributed by atoms with Gasteiger partial charge in [-0.05, 0) is 40.5 Å². The highest BCUT2D eigenvalue weighted by Crippen LogP contribution is 2.36. The van der Waals surface area contributed by atoms with Crippen LogP contribution < -0.4 is 0 Å². The van der Waals surface area contributed by atoms with Gasteiger partial charge in [0.1, 0.15) is 6.61 Å². The molecule has 94 valence electrons. The molecule has 3 rings (SSSR count). The minimum atomic E-state index is -0.343. The minimum absolute atomic E-state index is 0.291. The number of esters is 1. The van der Waals surface area contributed by atoms with Gasteiger partial charge in [0.15, 0.2) is 0 Å². The van der Waals surface area contributed by atoms with Crippen LogP contribution in [0.25, 0.3) is 22.4 Å². The maximum Gasteiger partial charge on any atom is 0.333 e. The molecule has 0 saturated heterocycles. The summed E-state index contributed by atoms with van der Waals surface area (Å²) in [5.41, 5.74) is 3.81.